The minimum atomic E-state index is -0.245. The van der Waals surface area contributed by atoms with E-state index in [1.54, 1.807) is 38.4 Å². The van der Waals surface area contributed by atoms with E-state index in [0.717, 1.165) is 30.0 Å². The average Bonchev–Trinajstić information content (AvgIpc) is 3.22. The molecule has 0 spiro atoms. The van der Waals surface area contributed by atoms with E-state index in [4.69, 9.17) is 9.72 Å². The molecule has 0 aliphatic carbocycles. The highest BCUT2D eigenvalue weighted by molar-refractivity contribution is 6.04. The van der Waals surface area contributed by atoms with E-state index in [1.807, 2.05) is 24.3 Å². The molecule has 2 heterocycles. The number of rotatable bonds is 6. The largest absolute Gasteiger partial charge is 0.484 e. The summed E-state index contributed by atoms with van der Waals surface area (Å²) in [7, 11) is 3.34. The van der Waals surface area contributed by atoms with E-state index < -0.39 is 0 Å². The molecule has 7 nitrogen and oxygen atoms in total. The lowest BCUT2D eigenvalue weighted by atomic mass is 10.1. The van der Waals surface area contributed by atoms with Crippen LogP contribution in [0.1, 0.15) is 29.0 Å². The maximum atomic E-state index is 12.8. The Labute approximate surface area is 181 Å². The number of carbonyl (C=O) groups is 2. The van der Waals surface area contributed by atoms with Crippen molar-refractivity contribution in [2.45, 2.75) is 25.8 Å². The number of anilines is 1. The number of benzene rings is 2. The van der Waals surface area contributed by atoms with Gasteiger partial charge in [-0.3, -0.25) is 9.59 Å². The first-order valence-corrected chi connectivity index (χ1v) is 10.4. The molecule has 0 bridgehead atoms. The average molecular weight is 418 g/mol. The van der Waals surface area contributed by atoms with Gasteiger partial charge in [0.25, 0.3) is 11.8 Å². The van der Waals surface area contributed by atoms with Crippen molar-refractivity contribution in [3.8, 4) is 17.0 Å². The zero-order valence-corrected chi connectivity index (χ0v) is 17.8. The van der Waals surface area contributed by atoms with Crippen LogP contribution in [0.15, 0.2) is 54.7 Å². The van der Waals surface area contributed by atoms with Gasteiger partial charge in [-0.15, -0.1) is 0 Å². The van der Waals surface area contributed by atoms with Crippen molar-refractivity contribution < 1.29 is 14.3 Å². The van der Waals surface area contributed by atoms with Crippen LogP contribution in [0.5, 0.6) is 5.75 Å². The Hall–Kier alpha value is -3.61. The van der Waals surface area contributed by atoms with E-state index in [0.29, 0.717) is 17.0 Å². The second-order valence-corrected chi connectivity index (χ2v) is 7.83. The Morgan fingerprint density at radius 1 is 1.13 bits per heavy atom. The number of fused-ring (bicyclic) bond motifs is 1. The summed E-state index contributed by atoms with van der Waals surface area (Å²) >= 11 is 0. The molecule has 0 saturated carbocycles. The maximum absolute atomic E-state index is 12.8. The number of aryl methyl sites for hydroxylation is 2. The van der Waals surface area contributed by atoms with Crippen LogP contribution in [0, 0.1) is 0 Å². The first-order chi connectivity index (χ1) is 15.0. The van der Waals surface area contributed by atoms with Crippen molar-refractivity contribution in [3.63, 3.8) is 0 Å². The van der Waals surface area contributed by atoms with Gasteiger partial charge in [-0.05, 0) is 43.2 Å². The predicted octanol–water partition coefficient (Wildman–Crippen LogP) is 3.61. The summed E-state index contributed by atoms with van der Waals surface area (Å²) in [4.78, 5) is 30.7. The van der Waals surface area contributed by atoms with Crippen molar-refractivity contribution in [2.75, 3.05) is 26.0 Å². The Morgan fingerprint density at radius 2 is 1.97 bits per heavy atom. The van der Waals surface area contributed by atoms with Crippen molar-refractivity contribution in [1.82, 2.24) is 14.5 Å². The smallest absolute Gasteiger partial charge is 0.259 e. The number of imidazole rings is 1. The van der Waals surface area contributed by atoms with E-state index in [-0.39, 0.29) is 18.4 Å². The van der Waals surface area contributed by atoms with Crippen LogP contribution in [0.4, 0.5) is 5.69 Å². The van der Waals surface area contributed by atoms with Gasteiger partial charge < -0.3 is 19.5 Å². The van der Waals surface area contributed by atoms with Gasteiger partial charge >= 0.3 is 0 Å². The molecule has 4 rings (SSSR count). The van der Waals surface area contributed by atoms with E-state index in [9.17, 15) is 9.59 Å². The Kier molecular flexibility index (Phi) is 6.02. The summed E-state index contributed by atoms with van der Waals surface area (Å²) in [6, 6.07) is 14.5. The highest BCUT2D eigenvalue weighted by Crippen LogP contribution is 2.25. The highest BCUT2D eigenvalue weighted by Gasteiger charge is 2.14. The third-order valence-electron chi connectivity index (χ3n) is 5.28. The molecule has 0 radical (unpaired) electrons. The number of nitrogens with one attached hydrogen (secondary N) is 1. The summed E-state index contributed by atoms with van der Waals surface area (Å²) in [5.74, 6) is 1.21. The maximum Gasteiger partial charge on any atom is 0.259 e. The van der Waals surface area contributed by atoms with E-state index >= 15 is 0 Å². The molecule has 1 aromatic heterocycles. The minimum absolute atomic E-state index is 0.0746. The van der Waals surface area contributed by atoms with E-state index in [2.05, 4.69) is 16.1 Å². The quantitative estimate of drug-likeness (QED) is 0.664. The van der Waals surface area contributed by atoms with Crippen LogP contribution in [0.2, 0.25) is 0 Å². The lowest BCUT2D eigenvalue weighted by Gasteiger charge is -2.12. The third-order valence-corrected chi connectivity index (χ3v) is 5.28. The van der Waals surface area contributed by atoms with Gasteiger partial charge in [0.05, 0.1) is 5.69 Å². The van der Waals surface area contributed by atoms with E-state index in [1.165, 1.54) is 17.7 Å². The molecule has 160 valence electrons. The van der Waals surface area contributed by atoms with Gasteiger partial charge in [-0.25, -0.2) is 4.98 Å². The minimum Gasteiger partial charge on any atom is -0.484 e. The number of hydrogen-bond donors (Lipinski definition) is 1. The van der Waals surface area contributed by atoms with Gasteiger partial charge in [-0.1, -0.05) is 18.2 Å². The molecular formula is C24H26N4O3. The van der Waals surface area contributed by atoms with Crippen LogP contribution in [0.3, 0.4) is 0 Å². The van der Waals surface area contributed by atoms with Crippen LogP contribution in [0.25, 0.3) is 11.3 Å². The number of nitrogens with zero attached hydrogens (tertiary/aromatic N) is 3. The predicted molar refractivity (Wildman–Crippen MR) is 119 cm³/mol. The zero-order chi connectivity index (χ0) is 21.8. The van der Waals surface area contributed by atoms with Gasteiger partial charge in [0.15, 0.2) is 6.61 Å². The van der Waals surface area contributed by atoms with Crippen molar-refractivity contribution >= 4 is 17.5 Å². The van der Waals surface area contributed by atoms with Crippen LogP contribution in [-0.4, -0.2) is 47.0 Å². The molecule has 2 amide bonds. The first-order valence-electron chi connectivity index (χ1n) is 10.4. The fourth-order valence-electron chi connectivity index (χ4n) is 3.51. The van der Waals surface area contributed by atoms with Crippen molar-refractivity contribution in [2.24, 2.45) is 0 Å². The number of ether oxygens (including phenoxy) is 1. The normalized spacial score (nSPS) is 12.7. The summed E-state index contributed by atoms with van der Waals surface area (Å²) in [5, 5.41) is 2.94. The highest BCUT2D eigenvalue weighted by atomic mass is 16.5. The lowest BCUT2D eigenvalue weighted by molar-refractivity contribution is -0.130. The number of hydrogen-bond acceptors (Lipinski definition) is 4. The van der Waals surface area contributed by atoms with Crippen LogP contribution in [-0.2, 0) is 17.8 Å². The number of likely N-dealkylation sites (N-methyl/N-ethyl adjacent to an activating group) is 1. The fraction of sp³-hybridized carbons (Fsp3) is 0.292. The Balaban J connectivity index is 1.45. The summed E-state index contributed by atoms with van der Waals surface area (Å²) < 4.78 is 7.72. The third kappa shape index (κ3) is 4.94. The molecule has 1 N–H and O–H groups in total. The second-order valence-electron chi connectivity index (χ2n) is 7.83. The first kappa shape index (κ1) is 20.7. The Bertz CT molecular complexity index is 1080. The van der Waals surface area contributed by atoms with Crippen LogP contribution >= 0.6 is 0 Å². The van der Waals surface area contributed by atoms with Crippen LogP contribution < -0.4 is 10.1 Å². The number of aromatic nitrogens is 2. The molecule has 31 heavy (non-hydrogen) atoms. The molecule has 7 heteroatoms. The van der Waals surface area contributed by atoms with Crippen molar-refractivity contribution in [3.05, 3.63) is 66.1 Å². The SMILES string of the molecule is CN(C)C(=O)COc1cccc(C(=O)Nc2cccc(-c3cn4c(n3)CCCC4)c2)c1. The number of amides is 2. The molecule has 3 aromatic rings. The van der Waals surface area contributed by atoms with Crippen molar-refractivity contribution in [1.29, 1.82) is 0 Å². The van der Waals surface area contributed by atoms with Gasteiger partial charge in [-0.2, -0.15) is 0 Å². The molecule has 1 aliphatic rings. The molecular weight excluding hydrogens is 392 g/mol. The number of carbonyl (C=O) groups excluding carboxylic acids is 2. The van der Waals surface area contributed by atoms with Gasteiger partial charge in [0.2, 0.25) is 0 Å². The standard InChI is InChI=1S/C24H26N4O3/c1-27(2)23(29)16-31-20-10-6-8-18(14-20)24(30)25-19-9-5-7-17(13-19)21-15-28-12-4-3-11-22(28)26-21/h5-10,13-15H,3-4,11-12,16H2,1-2H3,(H,25,30). The second kappa shape index (κ2) is 9.04. The fourth-order valence-corrected chi connectivity index (χ4v) is 3.51. The topological polar surface area (TPSA) is 76.5 Å². The molecule has 0 fully saturated rings. The molecule has 2 aromatic carbocycles. The molecule has 0 saturated heterocycles. The summed E-state index contributed by atoms with van der Waals surface area (Å²) in [6.07, 6.45) is 5.46. The molecule has 1 aliphatic heterocycles. The molecule has 0 atom stereocenters. The summed E-state index contributed by atoms with van der Waals surface area (Å²) in [5.41, 5.74) is 3.05. The van der Waals surface area contributed by atoms with Gasteiger partial charge in [0.1, 0.15) is 11.6 Å². The lowest BCUT2D eigenvalue weighted by Crippen LogP contribution is -2.27. The summed E-state index contributed by atoms with van der Waals surface area (Å²) in [6.45, 7) is 0.937. The monoisotopic (exact) mass is 418 g/mol. The molecule has 0 unspecified atom stereocenters. The van der Waals surface area contributed by atoms with Gasteiger partial charge in [0, 0.05) is 50.1 Å². The Morgan fingerprint density at radius 3 is 2.77 bits per heavy atom. The zero-order valence-electron chi connectivity index (χ0n) is 17.8.